The minimum Gasteiger partial charge on any atom is -0.242 e. The summed E-state index contributed by atoms with van der Waals surface area (Å²) in [5.74, 6) is 0.880. The fourth-order valence-electron chi connectivity index (χ4n) is 2.76. The van der Waals surface area contributed by atoms with Crippen LogP contribution >= 0.6 is 0 Å². The Bertz CT molecular complexity index is 698. The zero-order valence-electron chi connectivity index (χ0n) is 11.0. The molecule has 0 unspecified atom stereocenters. The highest BCUT2D eigenvalue weighted by Gasteiger charge is 2.49. The third-order valence-electron chi connectivity index (χ3n) is 4.09. The van der Waals surface area contributed by atoms with Gasteiger partial charge < -0.3 is 0 Å². The predicted octanol–water partition coefficient (Wildman–Crippen LogP) is 2.95. The van der Waals surface area contributed by atoms with Crippen molar-refractivity contribution in [3.05, 3.63) is 66.0 Å². The number of nitrogens with zero attached hydrogens (tertiary/aromatic N) is 3. The van der Waals surface area contributed by atoms with Crippen molar-refractivity contribution in [3.8, 4) is 11.1 Å². The molecule has 0 saturated heterocycles. The van der Waals surface area contributed by atoms with Gasteiger partial charge in [0.15, 0.2) is 5.82 Å². The summed E-state index contributed by atoms with van der Waals surface area (Å²) < 4.78 is 0. The van der Waals surface area contributed by atoms with Gasteiger partial charge in [-0.05, 0) is 40.0 Å². The summed E-state index contributed by atoms with van der Waals surface area (Å²) in [6.07, 6.45) is 2.21. The van der Waals surface area contributed by atoms with Crippen molar-refractivity contribution in [1.29, 1.82) is 0 Å². The summed E-state index contributed by atoms with van der Waals surface area (Å²) in [4.78, 5) is 0. The fraction of sp³-hybridized carbons (Fsp3) is 0.188. The van der Waals surface area contributed by atoms with Crippen LogP contribution in [0.3, 0.4) is 0 Å². The molecule has 0 aliphatic heterocycles. The van der Waals surface area contributed by atoms with Gasteiger partial charge in [0.1, 0.15) is 0 Å². The maximum Gasteiger partial charge on any atom is 0.159 e. The lowest BCUT2D eigenvalue weighted by molar-refractivity contribution is 0.759. The number of nitrogens with one attached hydrogen (secondary N) is 1. The van der Waals surface area contributed by atoms with E-state index in [2.05, 4.69) is 69.2 Å². The highest BCUT2D eigenvalue weighted by Crippen LogP contribution is 2.51. The second-order valence-electron chi connectivity index (χ2n) is 5.28. The van der Waals surface area contributed by atoms with E-state index >= 15 is 0 Å². The largest absolute Gasteiger partial charge is 0.242 e. The van der Waals surface area contributed by atoms with Crippen LogP contribution in [0.1, 0.15) is 24.2 Å². The molecule has 1 aliphatic carbocycles. The van der Waals surface area contributed by atoms with Gasteiger partial charge in [-0.2, -0.15) is 0 Å². The van der Waals surface area contributed by atoms with Crippen molar-refractivity contribution in [3.63, 3.8) is 0 Å². The van der Waals surface area contributed by atoms with E-state index in [-0.39, 0.29) is 5.41 Å². The Labute approximate surface area is 116 Å². The van der Waals surface area contributed by atoms with Crippen LogP contribution in [0.2, 0.25) is 0 Å². The maximum absolute atomic E-state index is 4.09. The van der Waals surface area contributed by atoms with Crippen LogP contribution in [0, 0.1) is 0 Å². The van der Waals surface area contributed by atoms with Gasteiger partial charge in [0, 0.05) is 0 Å². The Morgan fingerprint density at radius 3 is 2.15 bits per heavy atom. The van der Waals surface area contributed by atoms with Crippen molar-refractivity contribution >= 4 is 0 Å². The zero-order valence-corrected chi connectivity index (χ0v) is 11.0. The molecule has 1 aliphatic rings. The number of tetrazole rings is 1. The molecule has 0 radical (unpaired) electrons. The number of rotatable bonds is 3. The summed E-state index contributed by atoms with van der Waals surface area (Å²) >= 11 is 0. The molecule has 98 valence electrons. The minimum atomic E-state index is 0.0126. The first-order chi connectivity index (χ1) is 9.88. The Balaban J connectivity index is 1.69. The second-order valence-corrected chi connectivity index (χ2v) is 5.28. The molecular weight excluding hydrogens is 248 g/mol. The van der Waals surface area contributed by atoms with Crippen molar-refractivity contribution < 1.29 is 0 Å². The van der Waals surface area contributed by atoms with E-state index in [0.29, 0.717) is 0 Å². The van der Waals surface area contributed by atoms with E-state index in [1.54, 1.807) is 0 Å². The van der Waals surface area contributed by atoms with Crippen molar-refractivity contribution in [2.24, 2.45) is 0 Å². The van der Waals surface area contributed by atoms with E-state index < -0.39 is 0 Å². The van der Waals surface area contributed by atoms with E-state index in [0.717, 1.165) is 18.7 Å². The van der Waals surface area contributed by atoms with E-state index in [1.165, 1.54) is 16.7 Å². The molecule has 4 heteroatoms. The summed E-state index contributed by atoms with van der Waals surface area (Å²) in [6, 6.07) is 19.1. The molecule has 1 fully saturated rings. The lowest BCUT2D eigenvalue weighted by atomic mass is 9.93. The monoisotopic (exact) mass is 262 g/mol. The Morgan fingerprint density at radius 2 is 1.55 bits per heavy atom. The SMILES string of the molecule is c1ccc(-c2ccc(C3(c4nnn[nH]4)CC3)cc2)cc1. The van der Waals surface area contributed by atoms with Gasteiger partial charge in [0.25, 0.3) is 0 Å². The Morgan fingerprint density at radius 1 is 0.850 bits per heavy atom. The van der Waals surface area contributed by atoms with Crippen LogP contribution in [-0.4, -0.2) is 20.6 Å². The van der Waals surface area contributed by atoms with Crippen LogP contribution in [0.5, 0.6) is 0 Å². The van der Waals surface area contributed by atoms with Crippen LogP contribution < -0.4 is 0 Å². The number of aromatic nitrogens is 4. The average molecular weight is 262 g/mol. The number of benzene rings is 2. The lowest BCUT2D eigenvalue weighted by Crippen LogP contribution is -2.10. The zero-order chi connectivity index (χ0) is 13.4. The molecule has 2 aromatic carbocycles. The number of hydrogen-bond acceptors (Lipinski definition) is 3. The summed E-state index contributed by atoms with van der Waals surface area (Å²) in [7, 11) is 0. The molecular formula is C16H14N4. The van der Waals surface area contributed by atoms with Gasteiger partial charge >= 0.3 is 0 Å². The number of H-pyrrole nitrogens is 1. The first kappa shape index (κ1) is 11.3. The van der Waals surface area contributed by atoms with Gasteiger partial charge in [-0.15, -0.1) is 5.10 Å². The minimum absolute atomic E-state index is 0.0126. The van der Waals surface area contributed by atoms with Crippen LogP contribution in [0.15, 0.2) is 54.6 Å². The maximum atomic E-state index is 4.09. The molecule has 1 heterocycles. The van der Waals surface area contributed by atoms with Gasteiger partial charge in [-0.25, -0.2) is 5.10 Å². The second kappa shape index (κ2) is 4.27. The topological polar surface area (TPSA) is 54.5 Å². The third-order valence-corrected chi connectivity index (χ3v) is 4.09. The van der Waals surface area contributed by atoms with Crippen LogP contribution in [-0.2, 0) is 5.41 Å². The molecule has 3 aromatic rings. The van der Waals surface area contributed by atoms with Crippen molar-refractivity contribution in [1.82, 2.24) is 20.6 Å². The van der Waals surface area contributed by atoms with Crippen LogP contribution in [0.25, 0.3) is 11.1 Å². The highest BCUT2D eigenvalue weighted by molar-refractivity contribution is 5.64. The normalized spacial score (nSPS) is 16.0. The lowest BCUT2D eigenvalue weighted by Gasteiger charge is -2.12. The smallest absolute Gasteiger partial charge is 0.159 e. The molecule has 0 amide bonds. The summed E-state index contributed by atoms with van der Waals surface area (Å²) in [6.45, 7) is 0. The van der Waals surface area contributed by atoms with Gasteiger partial charge in [-0.3, -0.25) is 0 Å². The van der Waals surface area contributed by atoms with Crippen LogP contribution in [0.4, 0.5) is 0 Å². The molecule has 20 heavy (non-hydrogen) atoms. The van der Waals surface area contributed by atoms with Gasteiger partial charge in [-0.1, -0.05) is 54.6 Å². The standard InChI is InChI=1S/C16H14N4/c1-2-4-12(5-3-1)13-6-8-14(9-7-13)16(10-11-16)15-17-19-20-18-15/h1-9H,10-11H2,(H,17,18,19,20). The summed E-state index contributed by atoms with van der Waals surface area (Å²) in [5.41, 5.74) is 3.78. The molecule has 1 aromatic heterocycles. The Kier molecular flexibility index (Phi) is 2.42. The van der Waals surface area contributed by atoms with Gasteiger partial charge in [0.2, 0.25) is 0 Å². The first-order valence-electron chi connectivity index (χ1n) is 6.79. The molecule has 0 bridgehead atoms. The predicted molar refractivity (Wildman–Crippen MR) is 76.1 cm³/mol. The molecule has 4 rings (SSSR count). The van der Waals surface area contributed by atoms with Crippen molar-refractivity contribution in [2.75, 3.05) is 0 Å². The summed E-state index contributed by atoms with van der Waals surface area (Å²) in [5, 5.41) is 14.4. The number of aromatic amines is 1. The van der Waals surface area contributed by atoms with E-state index in [9.17, 15) is 0 Å². The molecule has 0 spiro atoms. The molecule has 0 atom stereocenters. The molecule has 1 N–H and O–H groups in total. The van der Waals surface area contributed by atoms with E-state index in [1.807, 2.05) is 6.07 Å². The van der Waals surface area contributed by atoms with E-state index in [4.69, 9.17) is 0 Å². The first-order valence-corrected chi connectivity index (χ1v) is 6.79. The fourth-order valence-corrected chi connectivity index (χ4v) is 2.76. The molecule has 1 saturated carbocycles. The van der Waals surface area contributed by atoms with Gasteiger partial charge in [0.05, 0.1) is 5.41 Å². The number of hydrogen-bond donors (Lipinski definition) is 1. The highest BCUT2D eigenvalue weighted by atomic mass is 15.5. The Hall–Kier alpha value is -2.49. The molecule has 4 nitrogen and oxygen atoms in total. The quantitative estimate of drug-likeness (QED) is 0.789. The van der Waals surface area contributed by atoms with Crippen molar-refractivity contribution in [2.45, 2.75) is 18.3 Å². The average Bonchev–Trinajstić information content (AvgIpc) is 3.15. The third kappa shape index (κ3) is 1.72.